The van der Waals surface area contributed by atoms with Crippen molar-refractivity contribution in [2.24, 2.45) is 5.92 Å². The van der Waals surface area contributed by atoms with Crippen molar-refractivity contribution in [2.45, 2.75) is 31.2 Å². The van der Waals surface area contributed by atoms with Crippen LogP contribution in [0.5, 0.6) is 0 Å². The standard InChI is InChI=1S/C10H15FO4/c1-6(12)14-5-10-3-8(11)7(4-15-10)9(10)13-2/h7-9H,3-5H2,1-2H3/t7-,8+,9-,10+/m0/s1. The lowest BCUT2D eigenvalue weighted by Crippen LogP contribution is -2.43. The first-order valence-electron chi connectivity index (χ1n) is 5.03. The molecule has 86 valence electrons. The van der Waals surface area contributed by atoms with E-state index in [-0.39, 0.29) is 31.0 Å². The second kappa shape index (κ2) is 3.72. The number of carbonyl (C=O) groups is 1. The van der Waals surface area contributed by atoms with Crippen LogP contribution in [0.3, 0.4) is 0 Å². The minimum absolute atomic E-state index is 0.0811. The van der Waals surface area contributed by atoms with Gasteiger partial charge in [0, 0.05) is 26.4 Å². The van der Waals surface area contributed by atoms with E-state index in [2.05, 4.69) is 0 Å². The van der Waals surface area contributed by atoms with Gasteiger partial charge in [0.15, 0.2) is 0 Å². The van der Waals surface area contributed by atoms with Gasteiger partial charge in [-0.05, 0) is 0 Å². The summed E-state index contributed by atoms with van der Waals surface area (Å²) in [6.07, 6.45) is -0.963. The lowest BCUT2D eigenvalue weighted by Gasteiger charge is -2.29. The summed E-state index contributed by atoms with van der Waals surface area (Å²) < 4.78 is 29.2. The number of methoxy groups -OCH3 is 1. The molecule has 1 heterocycles. The van der Waals surface area contributed by atoms with Crippen LogP contribution in [0.1, 0.15) is 13.3 Å². The molecule has 4 nitrogen and oxygen atoms in total. The van der Waals surface area contributed by atoms with Gasteiger partial charge in [-0.2, -0.15) is 0 Å². The summed E-state index contributed by atoms with van der Waals surface area (Å²) >= 11 is 0. The van der Waals surface area contributed by atoms with Gasteiger partial charge >= 0.3 is 5.97 Å². The second-order valence-corrected chi connectivity index (χ2v) is 4.20. The lowest BCUT2D eigenvalue weighted by atomic mass is 10.0. The smallest absolute Gasteiger partial charge is 0.302 e. The molecular weight excluding hydrogens is 203 g/mol. The molecule has 2 rings (SSSR count). The number of esters is 1. The number of carbonyl (C=O) groups excluding carboxylic acids is 1. The van der Waals surface area contributed by atoms with Crippen LogP contribution in [-0.2, 0) is 19.0 Å². The van der Waals surface area contributed by atoms with Crippen molar-refractivity contribution >= 4 is 5.97 Å². The highest BCUT2D eigenvalue weighted by atomic mass is 19.1. The number of fused-ring (bicyclic) bond motifs is 2. The molecular formula is C10H15FO4. The van der Waals surface area contributed by atoms with Gasteiger partial charge in [0.25, 0.3) is 0 Å². The molecule has 1 aliphatic heterocycles. The third-order valence-electron chi connectivity index (χ3n) is 3.25. The largest absolute Gasteiger partial charge is 0.463 e. The van der Waals surface area contributed by atoms with Crippen LogP contribution in [0.25, 0.3) is 0 Å². The zero-order chi connectivity index (χ0) is 11.1. The molecule has 0 N–H and O–H groups in total. The van der Waals surface area contributed by atoms with Crippen molar-refractivity contribution in [1.29, 1.82) is 0 Å². The number of rotatable bonds is 3. The number of alkyl halides is 1. The van der Waals surface area contributed by atoms with Crippen molar-refractivity contribution in [2.75, 3.05) is 20.3 Å². The van der Waals surface area contributed by atoms with E-state index in [4.69, 9.17) is 14.2 Å². The predicted octanol–water partition coefficient (Wildman–Crippen LogP) is 0.691. The van der Waals surface area contributed by atoms with Crippen LogP contribution in [-0.4, -0.2) is 44.2 Å². The molecule has 2 bridgehead atoms. The summed E-state index contributed by atoms with van der Waals surface area (Å²) in [4.78, 5) is 10.7. The highest BCUT2D eigenvalue weighted by Gasteiger charge is 2.61. The fourth-order valence-corrected chi connectivity index (χ4v) is 2.57. The molecule has 2 aliphatic rings. The zero-order valence-electron chi connectivity index (χ0n) is 8.86. The summed E-state index contributed by atoms with van der Waals surface area (Å²) in [7, 11) is 1.53. The molecule has 0 unspecified atom stereocenters. The molecule has 15 heavy (non-hydrogen) atoms. The first-order valence-corrected chi connectivity index (χ1v) is 5.03. The van der Waals surface area contributed by atoms with Crippen LogP contribution in [0.2, 0.25) is 0 Å². The lowest BCUT2D eigenvalue weighted by molar-refractivity contribution is -0.158. The minimum Gasteiger partial charge on any atom is -0.463 e. The van der Waals surface area contributed by atoms with E-state index < -0.39 is 11.8 Å². The maximum Gasteiger partial charge on any atom is 0.302 e. The summed E-state index contributed by atoms with van der Waals surface area (Å²) in [5.41, 5.74) is -0.759. The molecule has 4 atom stereocenters. The zero-order valence-corrected chi connectivity index (χ0v) is 8.86. The molecule has 0 amide bonds. The van der Waals surface area contributed by atoms with Crippen LogP contribution < -0.4 is 0 Å². The van der Waals surface area contributed by atoms with E-state index in [0.717, 1.165) is 0 Å². The van der Waals surface area contributed by atoms with Crippen LogP contribution >= 0.6 is 0 Å². The van der Waals surface area contributed by atoms with Gasteiger partial charge in [-0.15, -0.1) is 0 Å². The Labute approximate surface area is 87.7 Å². The minimum atomic E-state index is -0.917. The van der Waals surface area contributed by atoms with Crippen molar-refractivity contribution in [3.8, 4) is 0 Å². The average molecular weight is 218 g/mol. The number of halogens is 1. The quantitative estimate of drug-likeness (QED) is 0.654. The molecule has 0 aromatic heterocycles. The average Bonchev–Trinajstić information content (AvgIpc) is 2.66. The summed E-state index contributed by atoms with van der Waals surface area (Å²) in [5.74, 6) is -0.598. The van der Waals surface area contributed by atoms with Crippen molar-refractivity contribution in [3.05, 3.63) is 0 Å². The van der Waals surface area contributed by atoms with Gasteiger partial charge in [-0.3, -0.25) is 4.79 Å². The van der Waals surface area contributed by atoms with E-state index in [1.807, 2.05) is 0 Å². The maximum absolute atomic E-state index is 13.5. The van der Waals surface area contributed by atoms with Gasteiger partial charge in [0.1, 0.15) is 18.4 Å². The van der Waals surface area contributed by atoms with Crippen molar-refractivity contribution < 1.29 is 23.4 Å². The predicted molar refractivity (Wildman–Crippen MR) is 49.1 cm³/mol. The first-order chi connectivity index (χ1) is 7.09. The Morgan fingerprint density at radius 3 is 2.93 bits per heavy atom. The first kappa shape index (κ1) is 10.8. The summed E-state index contributed by atoms with van der Waals surface area (Å²) in [6, 6.07) is 0. The highest BCUT2D eigenvalue weighted by Crippen LogP contribution is 2.47. The van der Waals surface area contributed by atoms with Crippen LogP contribution in [0.15, 0.2) is 0 Å². The van der Waals surface area contributed by atoms with Gasteiger partial charge in [0.2, 0.25) is 0 Å². The van der Waals surface area contributed by atoms with E-state index in [9.17, 15) is 9.18 Å². The monoisotopic (exact) mass is 218 g/mol. The van der Waals surface area contributed by atoms with Gasteiger partial charge < -0.3 is 14.2 Å². The normalized spacial score (nSPS) is 43.3. The molecule has 0 aromatic rings. The van der Waals surface area contributed by atoms with Crippen LogP contribution in [0, 0.1) is 5.92 Å². The van der Waals surface area contributed by atoms with E-state index in [0.29, 0.717) is 6.61 Å². The summed E-state index contributed by atoms with van der Waals surface area (Å²) in [6.45, 7) is 1.76. The molecule has 0 aromatic carbocycles. The third-order valence-corrected chi connectivity index (χ3v) is 3.25. The van der Waals surface area contributed by atoms with Gasteiger partial charge in [-0.25, -0.2) is 4.39 Å². The fourth-order valence-electron chi connectivity index (χ4n) is 2.57. The van der Waals surface area contributed by atoms with Gasteiger partial charge in [0.05, 0.1) is 12.7 Å². The molecule has 1 aliphatic carbocycles. The Balaban J connectivity index is 2.08. The van der Waals surface area contributed by atoms with E-state index in [1.54, 1.807) is 0 Å². The van der Waals surface area contributed by atoms with Crippen molar-refractivity contribution in [1.82, 2.24) is 0 Å². The molecule has 0 spiro atoms. The second-order valence-electron chi connectivity index (χ2n) is 4.20. The molecule has 2 fully saturated rings. The Hall–Kier alpha value is -0.680. The maximum atomic E-state index is 13.5. The molecule has 1 saturated heterocycles. The van der Waals surface area contributed by atoms with E-state index >= 15 is 0 Å². The number of hydrogen-bond donors (Lipinski definition) is 0. The topological polar surface area (TPSA) is 44.8 Å². The number of ether oxygens (including phenoxy) is 3. The SMILES string of the molecule is CO[C@H]1[C@H]2CO[C@@]1(COC(C)=O)C[C@H]2F. The fraction of sp³-hybridized carbons (Fsp3) is 0.900. The molecule has 1 saturated carbocycles. The number of hydrogen-bond acceptors (Lipinski definition) is 4. The Kier molecular flexibility index (Phi) is 2.68. The highest BCUT2D eigenvalue weighted by molar-refractivity contribution is 5.66. The Morgan fingerprint density at radius 2 is 2.40 bits per heavy atom. The molecule has 5 heteroatoms. The van der Waals surface area contributed by atoms with Gasteiger partial charge in [-0.1, -0.05) is 0 Å². The summed E-state index contributed by atoms with van der Waals surface area (Å²) in [5, 5.41) is 0. The Morgan fingerprint density at radius 1 is 1.67 bits per heavy atom. The van der Waals surface area contributed by atoms with E-state index in [1.165, 1.54) is 14.0 Å². The third kappa shape index (κ3) is 1.63. The Bertz CT molecular complexity index is 270. The van der Waals surface area contributed by atoms with Crippen LogP contribution in [0.4, 0.5) is 4.39 Å². The van der Waals surface area contributed by atoms with Crippen molar-refractivity contribution in [3.63, 3.8) is 0 Å². The molecule has 0 radical (unpaired) electrons.